The molecule has 4 heterocycles. The van der Waals surface area contributed by atoms with E-state index in [-0.39, 0.29) is 5.82 Å². The van der Waals surface area contributed by atoms with Crippen molar-refractivity contribution in [3.05, 3.63) is 70.8 Å². The first-order valence-electron chi connectivity index (χ1n) is 11.5. The zero-order valence-corrected chi connectivity index (χ0v) is 19.7. The molecule has 0 N–H and O–H groups in total. The molecule has 2 aliphatic heterocycles. The number of allylic oxidation sites excluding steroid dienone is 1. The van der Waals surface area contributed by atoms with Crippen LogP contribution >= 0.6 is 11.6 Å². The Morgan fingerprint density at radius 3 is 2.73 bits per heavy atom. The Labute approximate surface area is 198 Å². The van der Waals surface area contributed by atoms with E-state index in [2.05, 4.69) is 39.8 Å². The topological polar surface area (TPSA) is 44.6 Å². The zero-order valence-electron chi connectivity index (χ0n) is 18.9. The molecule has 0 saturated carbocycles. The summed E-state index contributed by atoms with van der Waals surface area (Å²) in [5.74, 6) is -0.341. The van der Waals surface area contributed by atoms with Gasteiger partial charge in [-0.15, -0.1) is 0 Å². The van der Waals surface area contributed by atoms with Gasteiger partial charge in [0.15, 0.2) is 0 Å². The Kier molecular flexibility index (Phi) is 6.13. The first kappa shape index (κ1) is 22.0. The molecule has 33 heavy (non-hydrogen) atoms. The van der Waals surface area contributed by atoms with Gasteiger partial charge in [0.25, 0.3) is 0 Å². The Bertz CT molecular complexity index is 1250. The number of rotatable bonds is 5. The highest BCUT2D eigenvalue weighted by Crippen LogP contribution is 2.29. The summed E-state index contributed by atoms with van der Waals surface area (Å²) in [5.41, 5.74) is 5.30. The molecule has 1 aromatic carbocycles. The first-order chi connectivity index (χ1) is 16.0. The summed E-state index contributed by atoms with van der Waals surface area (Å²) in [6, 6.07) is 11.0. The lowest BCUT2D eigenvalue weighted by Gasteiger charge is -2.37. The van der Waals surface area contributed by atoms with E-state index in [0.29, 0.717) is 28.9 Å². The standard InChI is InChI=1S/C26H27ClFN5/c1-3-33-12-9-18(10-13-33)32(2)19-15-25-24(30-16-19)7-6-23(31-25)20-8-11-29-26(20)21-14-17(27)4-5-22(21)28/h4-8,14-16,18H,3,9-13H2,1-2H3. The summed E-state index contributed by atoms with van der Waals surface area (Å²) in [4.78, 5) is 18.9. The Morgan fingerprint density at radius 1 is 1.12 bits per heavy atom. The molecule has 2 aromatic heterocycles. The molecular weight excluding hydrogens is 437 g/mol. The Balaban J connectivity index is 1.43. The largest absolute Gasteiger partial charge is 0.370 e. The van der Waals surface area contributed by atoms with Crippen molar-refractivity contribution in [1.82, 2.24) is 14.9 Å². The summed E-state index contributed by atoms with van der Waals surface area (Å²) in [6.07, 6.45) is 6.20. The smallest absolute Gasteiger partial charge is 0.132 e. The second-order valence-corrected chi connectivity index (χ2v) is 9.07. The second kappa shape index (κ2) is 9.20. The third-order valence-corrected chi connectivity index (χ3v) is 6.98. The van der Waals surface area contributed by atoms with E-state index in [1.165, 1.54) is 6.07 Å². The van der Waals surface area contributed by atoms with Gasteiger partial charge in [0, 0.05) is 42.3 Å². The van der Waals surface area contributed by atoms with Crippen LogP contribution in [0.5, 0.6) is 0 Å². The molecule has 0 amide bonds. The van der Waals surface area contributed by atoms with Crippen LogP contribution in [0.15, 0.2) is 53.7 Å². The van der Waals surface area contributed by atoms with Crippen molar-refractivity contribution in [2.45, 2.75) is 25.8 Å². The highest BCUT2D eigenvalue weighted by atomic mass is 35.5. The van der Waals surface area contributed by atoms with Crippen LogP contribution in [0, 0.1) is 5.82 Å². The van der Waals surface area contributed by atoms with Gasteiger partial charge in [0.2, 0.25) is 0 Å². The van der Waals surface area contributed by atoms with Crippen LogP contribution < -0.4 is 4.90 Å². The van der Waals surface area contributed by atoms with Gasteiger partial charge in [-0.05, 0) is 55.8 Å². The SMILES string of the molecule is CCN1CCC(N(C)c2cnc3ccc(C4=CCN=C4c4cc(Cl)ccc4F)nc3c2)CC1. The maximum atomic E-state index is 14.5. The van der Waals surface area contributed by atoms with Crippen LogP contribution in [0.25, 0.3) is 16.6 Å². The maximum Gasteiger partial charge on any atom is 0.132 e. The van der Waals surface area contributed by atoms with Crippen LogP contribution in [0.1, 0.15) is 31.0 Å². The number of nitrogens with zero attached hydrogens (tertiary/aromatic N) is 5. The number of hydrogen-bond donors (Lipinski definition) is 0. The summed E-state index contributed by atoms with van der Waals surface area (Å²) in [7, 11) is 2.14. The van der Waals surface area contributed by atoms with Gasteiger partial charge in [-0.25, -0.2) is 9.37 Å². The van der Waals surface area contributed by atoms with Crippen LogP contribution in [0.4, 0.5) is 10.1 Å². The normalized spacial score (nSPS) is 17.3. The van der Waals surface area contributed by atoms with E-state index < -0.39 is 0 Å². The molecule has 2 aliphatic rings. The van der Waals surface area contributed by atoms with Crippen LogP contribution in [-0.4, -0.2) is 59.8 Å². The minimum Gasteiger partial charge on any atom is -0.370 e. The van der Waals surface area contributed by atoms with E-state index >= 15 is 0 Å². The fourth-order valence-corrected chi connectivity index (χ4v) is 4.89. The van der Waals surface area contributed by atoms with Crippen molar-refractivity contribution in [2.24, 2.45) is 4.99 Å². The van der Waals surface area contributed by atoms with Gasteiger partial charge in [-0.3, -0.25) is 9.98 Å². The maximum absolute atomic E-state index is 14.5. The Morgan fingerprint density at radius 2 is 1.94 bits per heavy atom. The fraction of sp³-hybridized carbons (Fsp3) is 0.346. The lowest BCUT2D eigenvalue weighted by atomic mass is 9.99. The van der Waals surface area contributed by atoms with Crippen molar-refractivity contribution in [1.29, 1.82) is 0 Å². The number of piperidine rings is 1. The minimum absolute atomic E-state index is 0.341. The van der Waals surface area contributed by atoms with Gasteiger partial charge in [-0.1, -0.05) is 24.6 Å². The molecule has 0 bridgehead atoms. The van der Waals surface area contributed by atoms with E-state index in [0.717, 1.165) is 60.5 Å². The molecule has 0 unspecified atom stereocenters. The average molecular weight is 464 g/mol. The van der Waals surface area contributed by atoms with Gasteiger partial charge >= 0.3 is 0 Å². The quantitative estimate of drug-likeness (QED) is 0.519. The number of benzene rings is 1. The highest BCUT2D eigenvalue weighted by molar-refractivity contribution is 6.35. The molecule has 1 fully saturated rings. The third kappa shape index (κ3) is 4.37. The minimum atomic E-state index is -0.341. The molecule has 3 aromatic rings. The number of anilines is 1. The average Bonchev–Trinajstić information content (AvgIpc) is 3.34. The zero-order chi connectivity index (χ0) is 22.9. The predicted molar refractivity (Wildman–Crippen MR) is 134 cm³/mol. The van der Waals surface area contributed by atoms with Crippen molar-refractivity contribution < 1.29 is 4.39 Å². The number of aliphatic imine (C=N–C) groups is 1. The molecule has 0 atom stereocenters. The summed E-state index contributed by atoms with van der Waals surface area (Å²) in [5, 5.41) is 0.480. The second-order valence-electron chi connectivity index (χ2n) is 8.64. The first-order valence-corrected chi connectivity index (χ1v) is 11.8. The van der Waals surface area contributed by atoms with E-state index in [1.54, 1.807) is 12.1 Å². The summed E-state index contributed by atoms with van der Waals surface area (Å²) >= 11 is 6.12. The predicted octanol–water partition coefficient (Wildman–Crippen LogP) is 5.23. The van der Waals surface area contributed by atoms with Gasteiger partial charge < -0.3 is 9.80 Å². The molecule has 7 heteroatoms. The van der Waals surface area contributed by atoms with E-state index in [9.17, 15) is 4.39 Å². The highest BCUT2D eigenvalue weighted by Gasteiger charge is 2.23. The lowest BCUT2D eigenvalue weighted by molar-refractivity contribution is 0.221. The molecular formula is C26H27ClFN5. The molecule has 0 spiro atoms. The number of pyridine rings is 2. The number of halogens is 2. The van der Waals surface area contributed by atoms with Gasteiger partial charge in [0.1, 0.15) is 5.82 Å². The lowest BCUT2D eigenvalue weighted by Crippen LogP contribution is -2.43. The molecule has 5 rings (SSSR count). The van der Waals surface area contributed by atoms with E-state index in [4.69, 9.17) is 16.6 Å². The molecule has 0 aliphatic carbocycles. The fourth-order valence-electron chi connectivity index (χ4n) is 4.72. The van der Waals surface area contributed by atoms with Crippen LogP contribution in [0.2, 0.25) is 5.02 Å². The number of hydrogen-bond acceptors (Lipinski definition) is 5. The van der Waals surface area contributed by atoms with Gasteiger partial charge in [-0.2, -0.15) is 0 Å². The number of fused-ring (bicyclic) bond motifs is 1. The van der Waals surface area contributed by atoms with Crippen molar-refractivity contribution in [3.63, 3.8) is 0 Å². The van der Waals surface area contributed by atoms with E-state index in [1.807, 2.05) is 24.4 Å². The van der Waals surface area contributed by atoms with Crippen LogP contribution in [-0.2, 0) is 0 Å². The van der Waals surface area contributed by atoms with Crippen molar-refractivity contribution in [2.75, 3.05) is 38.1 Å². The van der Waals surface area contributed by atoms with Crippen LogP contribution in [0.3, 0.4) is 0 Å². The summed E-state index contributed by atoms with van der Waals surface area (Å²) < 4.78 is 14.5. The molecule has 1 saturated heterocycles. The van der Waals surface area contributed by atoms with Crippen molar-refractivity contribution in [3.8, 4) is 0 Å². The monoisotopic (exact) mass is 463 g/mol. The third-order valence-electron chi connectivity index (χ3n) is 6.74. The molecule has 170 valence electrons. The Hall–Kier alpha value is -2.83. The van der Waals surface area contributed by atoms with Gasteiger partial charge in [0.05, 0.1) is 40.9 Å². The molecule has 0 radical (unpaired) electrons. The number of aromatic nitrogens is 2. The van der Waals surface area contributed by atoms with Crippen molar-refractivity contribution >= 4 is 39.6 Å². The molecule has 5 nitrogen and oxygen atoms in total. The summed E-state index contributed by atoms with van der Waals surface area (Å²) in [6.45, 7) is 6.09. The number of likely N-dealkylation sites (tertiary alicyclic amines) is 1.